The molecule has 2 N–H and O–H groups in total. The monoisotopic (exact) mass is 270 g/mol. The van der Waals surface area contributed by atoms with Gasteiger partial charge in [0, 0.05) is 13.1 Å². The minimum Gasteiger partial charge on any atom is -0.481 e. The average molecular weight is 270 g/mol. The van der Waals surface area contributed by atoms with E-state index in [1.807, 2.05) is 20.8 Å². The van der Waals surface area contributed by atoms with E-state index in [2.05, 4.69) is 5.32 Å². The first-order chi connectivity index (χ1) is 9.01. The van der Waals surface area contributed by atoms with Crippen molar-refractivity contribution in [3.63, 3.8) is 0 Å². The van der Waals surface area contributed by atoms with Gasteiger partial charge in [-0.1, -0.05) is 6.42 Å². The van der Waals surface area contributed by atoms with Gasteiger partial charge in [0.25, 0.3) is 0 Å². The summed E-state index contributed by atoms with van der Waals surface area (Å²) in [7, 11) is 0. The molecule has 1 rings (SSSR count). The zero-order valence-electron chi connectivity index (χ0n) is 12.2. The van der Waals surface area contributed by atoms with Crippen molar-refractivity contribution in [2.75, 3.05) is 19.6 Å². The first-order valence-corrected chi connectivity index (χ1v) is 7.26. The van der Waals surface area contributed by atoms with Crippen LogP contribution in [-0.2, 0) is 9.59 Å². The lowest BCUT2D eigenvalue weighted by atomic mass is 9.96. The molecule has 0 heterocycles. The highest BCUT2D eigenvalue weighted by Crippen LogP contribution is 2.31. The summed E-state index contributed by atoms with van der Waals surface area (Å²) in [6, 6.07) is -0.241. The van der Waals surface area contributed by atoms with Crippen LogP contribution in [0.2, 0.25) is 0 Å². The zero-order chi connectivity index (χ0) is 14.4. The molecule has 19 heavy (non-hydrogen) atoms. The number of likely N-dealkylation sites (N-methyl/N-ethyl adjacent to an activating group) is 1. The van der Waals surface area contributed by atoms with Gasteiger partial charge in [0.1, 0.15) is 0 Å². The molecule has 110 valence electrons. The minimum absolute atomic E-state index is 0.0925. The van der Waals surface area contributed by atoms with Crippen molar-refractivity contribution in [3.05, 3.63) is 0 Å². The smallest absolute Gasteiger partial charge is 0.306 e. The van der Waals surface area contributed by atoms with Crippen LogP contribution in [0.4, 0.5) is 0 Å². The highest BCUT2D eigenvalue weighted by molar-refractivity contribution is 5.81. The SMILES string of the molecule is CCN(CC)C(=O)C(C)NCC1CCCC1C(=O)O. The molecule has 0 aromatic heterocycles. The van der Waals surface area contributed by atoms with Crippen molar-refractivity contribution in [2.45, 2.75) is 46.1 Å². The molecule has 1 fully saturated rings. The fourth-order valence-corrected chi connectivity index (χ4v) is 2.83. The maximum Gasteiger partial charge on any atom is 0.306 e. The van der Waals surface area contributed by atoms with E-state index < -0.39 is 5.97 Å². The third kappa shape index (κ3) is 4.20. The number of carboxylic acids is 1. The topological polar surface area (TPSA) is 69.6 Å². The molecule has 3 unspecified atom stereocenters. The molecule has 0 aliphatic heterocycles. The van der Waals surface area contributed by atoms with E-state index in [1.165, 1.54) is 0 Å². The minimum atomic E-state index is -0.702. The van der Waals surface area contributed by atoms with E-state index >= 15 is 0 Å². The average Bonchev–Trinajstić information content (AvgIpc) is 2.85. The fraction of sp³-hybridized carbons (Fsp3) is 0.857. The van der Waals surface area contributed by atoms with Crippen LogP contribution in [0, 0.1) is 11.8 Å². The molecule has 1 saturated carbocycles. The summed E-state index contributed by atoms with van der Waals surface area (Å²) in [5.74, 6) is -0.699. The molecule has 0 aromatic carbocycles. The molecule has 1 amide bonds. The molecular formula is C14H26N2O3. The number of carbonyl (C=O) groups is 2. The number of nitrogens with zero attached hydrogens (tertiary/aromatic N) is 1. The first-order valence-electron chi connectivity index (χ1n) is 7.26. The van der Waals surface area contributed by atoms with Crippen LogP contribution in [0.1, 0.15) is 40.0 Å². The lowest BCUT2D eigenvalue weighted by molar-refractivity contribution is -0.142. The van der Waals surface area contributed by atoms with Gasteiger partial charge in [0.15, 0.2) is 0 Å². The van der Waals surface area contributed by atoms with Gasteiger partial charge < -0.3 is 15.3 Å². The predicted molar refractivity (Wildman–Crippen MR) is 73.9 cm³/mol. The number of hydrogen-bond acceptors (Lipinski definition) is 3. The van der Waals surface area contributed by atoms with Gasteiger partial charge in [-0.15, -0.1) is 0 Å². The standard InChI is InChI=1S/C14H26N2O3/c1-4-16(5-2)13(17)10(3)15-9-11-7-6-8-12(11)14(18)19/h10-12,15H,4-9H2,1-3H3,(H,18,19). The van der Waals surface area contributed by atoms with E-state index in [4.69, 9.17) is 5.11 Å². The molecule has 1 aliphatic rings. The number of rotatable bonds is 7. The Morgan fingerprint density at radius 3 is 2.47 bits per heavy atom. The summed E-state index contributed by atoms with van der Waals surface area (Å²) in [5, 5.41) is 12.3. The van der Waals surface area contributed by atoms with E-state index in [9.17, 15) is 9.59 Å². The third-order valence-electron chi connectivity index (χ3n) is 4.11. The Bertz CT molecular complexity index is 316. The molecule has 0 radical (unpaired) electrons. The number of nitrogens with one attached hydrogen (secondary N) is 1. The van der Waals surface area contributed by atoms with Crippen LogP contribution in [0.5, 0.6) is 0 Å². The van der Waals surface area contributed by atoms with Crippen molar-refractivity contribution in [1.82, 2.24) is 10.2 Å². The van der Waals surface area contributed by atoms with Crippen molar-refractivity contribution >= 4 is 11.9 Å². The summed E-state index contributed by atoms with van der Waals surface area (Å²) in [5.41, 5.74) is 0. The predicted octanol–water partition coefficient (Wildman–Crippen LogP) is 1.33. The first kappa shape index (κ1) is 16.0. The molecule has 1 aliphatic carbocycles. The Morgan fingerprint density at radius 2 is 1.95 bits per heavy atom. The Kier molecular flexibility index (Phi) is 6.28. The molecule has 0 saturated heterocycles. The summed E-state index contributed by atoms with van der Waals surface area (Å²) in [4.78, 5) is 25.0. The number of aliphatic carboxylic acids is 1. The van der Waals surface area contributed by atoms with Crippen molar-refractivity contribution in [2.24, 2.45) is 11.8 Å². The Balaban J connectivity index is 2.43. The molecule has 3 atom stereocenters. The lowest BCUT2D eigenvalue weighted by Gasteiger charge is -2.25. The summed E-state index contributed by atoms with van der Waals surface area (Å²) in [6.45, 7) is 7.82. The van der Waals surface area contributed by atoms with Gasteiger partial charge in [0.2, 0.25) is 5.91 Å². The Morgan fingerprint density at radius 1 is 1.32 bits per heavy atom. The number of hydrogen-bond donors (Lipinski definition) is 2. The highest BCUT2D eigenvalue weighted by atomic mass is 16.4. The van der Waals surface area contributed by atoms with E-state index in [0.717, 1.165) is 19.3 Å². The molecule has 5 nitrogen and oxygen atoms in total. The number of carboxylic acid groups (broad SMARTS) is 1. The Labute approximate surface area is 115 Å². The van der Waals surface area contributed by atoms with Crippen molar-refractivity contribution in [1.29, 1.82) is 0 Å². The van der Waals surface area contributed by atoms with E-state index in [-0.39, 0.29) is 23.8 Å². The molecule has 0 aromatic rings. The van der Waals surface area contributed by atoms with Crippen LogP contribution >= 0.6 is 0 Å². The number of carbonyl (C=O) groups excluding carboxylic acids is 1. The second-order valence-electron chi connectivity index (χ2n) is 5.28. The quantitative estimate of drug-likeness (QED) is 0.732. The van der Waals surface area contributed by atoms with E-state index in [0.29, 0.717) is 19.6 Å². The summed E-state index contributed by atoms with van der Waals surface area (Å²) >= 11 is 0. The van der Waals surface area contributed by atoms with Gasteiger partial charge in [-0.05, 0) is 46.1 Å². The zero-order valence-corrected chi connectivity index (χ0v) is 12.2. The fourth-order valence-electron chi connectivity index (χ4n) is 2.83. The second-order valence-corrected chi connectivity index (χ2v) is 5.28. The van der Waals surface area contributed by atoms with Crippen LogP contribution in [0.3, 0.4) is 0 Å². The summed E-state index contributed by atoms with van der Waals surface area (Å²) in [6.07, 6.45) is 2.68. The second kappa shape index (κ2) is 7.48. The van der Waals surface area contributed by atoms with Gasteiger partial charge in [-0.2, -0.15) is 0 Å². The van der Waals surface area contributed by atoms with E-state index in [1.54, 1.807) is 4.90 Å². The normalized spacial score (nSPS) is 24.2. The molecule has 0 bridgehead atoms. The van der Waals surface area contributed by atoms with Crippen LogP contribution in [0.15, 0.2) is 0 Å². The third-order valence-corrected chi connectivity index (χ3v) is 4.11. The molecule has 0 spiro atoms. The maximum absolute atomic E-state index is 12.1. The molecular weight excluding hydrogens is 244 g/mol. The van der Waals surface area contributed by atoms with Gasteiger partial charge in [-0.3, -0.25) is 9.59 Å². The van der Waals surface area contributed by atoms with Crippen LogP contribution < -0.4 is 5.32 Å². The van der Waals surface area contributed by atoms with Crippen molar-refractivity contribution in [3.8, 4) is 0 Å². The van der Waals surface area contributed by atoms with Gasteiger partial charge in [-0.25, -0.2) is 0 Å². The van der Waals surface area contributed by atoms with Gasteiger partial charge >= 0.3 is 5.97 Å². The van der Waals surface area contributed by atoms with Crippen molar-refractivity contribution < 1.29 is 14.7 Å². The number of amides is 1. The van der Waals surface area contributed by atoms with Crippen LogP contribution in [-0.4, -0.2) is 47.6 Å². The van der Waals surface area contributed by atoms with Gasteiger partial charge in [0.05, 0.1) is 12.0 Å². The largest absolute Gasteiger partial charge is 0.481 e. The maximum atomic E-state index is 12.1. The summed E-state index contributed by atoms with van der Waals surface area (Å²) < 4.78 is 0. The molecule has 5 heteroatoms. The Hall–Kier alpha value is -1.10. The highest BCUT2D eigenvalue weighted by Gasteiger charge is 2.33. The lowest BCUT2D eigenvalue weighted by Crippen LogP contribution is -2.46. The van der Waals surface area contributed by atoms with Crippen LogP contribution in [0.25, 0.3) is 0 Å².